The van der Waals surface area contributed by atoms with E-state index in [0.29, 0.717) is 17.5 Å². The average Bonchev–Trinajstić information content (AvgIpc) is 3.29. The van der Waals surface area contributed by atoms with Crippen molar-refractivity contribution in [3.63, 3.8) is 0 Å². The minimum atomic E-state index is 0.620. The molecule has 0 unspecified atom stereocenters. The second-order valence-electron chi connectivity index (χ2n) is 14.0. The predicted octanol–water partition coefficient (Wildman–Crippen LogP) is 13.8. The molecular weight excluding hydrogens is 679 g/mol. The first-order valence-corrected chi connectivity index (χ1v) is 18.9. The van der Waals surface area contributed by atoms with Crippen LogP contribution in [0.25, 0.3) is 100 Å². The van der Waals surface area contributed by atoms with Crippen molar-refractivity contribution < 1.29 is 0 Å². The molecule has 0 N–H and O–H groups in total. The standard InChI is InChI=1S/C53H35N3/c1-3-12-36(13-4-1)40-22-28-42(29-23-40)51-54-52(43-30-24-41(25-31-43)37-14-5-2-6-15-37)56-53(55-51)49-21-11-20-48(46-32-26-38-16-7-9-18-44(38)34-46)50(49)47-33-27-39-17-8-10-19-45(39)35-47/h1-35H. The number of hydrogen-bond acceptors (Lipinski definition) is 3. The fourth-order valence-corrected chi connectivity index (χ4v) is 7.63. The van der Waals surface area contributed by atoms with Gasteiger partial charge in [-0.1, -0.05) is 200 Å². The Balaban J connectivity index is 1.18. The largest absolute Gasteiger partial charge is 0.208 e. The molecule has 0 aliphatic carbocycles. The zero-order valence-electron chi connectivity index (χ0n) is 30.5. The molecule has 9 aromatic carbocycles. The number of benzene rings is 9. The molecular formula is C53H35N3. The van der Waals surface area contributed by atoms with Crippen molar-refractivity contribution >= 4 is 21.5 Å². The Morgan fingerprint density at radius 2 is 0.589 bits per heavy atom. The molecule has 0 radical (unpaired) electrons. The molecule has 10 aromatic rings. The van der Waals surface area contributed by atoms with E-state index in [0.717, 1.165) is 50.1 Å². The van der Waals surface area contributed by atoms with Crippen LogP contribution in [0.3, 0.4) is 0 Å². The van der Waals surface area contributed by atoms with Crippen LogP contribution in [0, 0.1) is 0 Å². The van der Waals surface area contributed by atoms with E-state index in [-0.39, 0.29) is 0 Å². The van der Waals surface area contributed by atoms with E-state index in [2.05, 4.69) is 200 Å². The van der Waals surface area contributed by atoms with E-state index in [9.17, 15) is 0 Å². The van der Waals surface area contributed by atoms with Crippen LogP contribution >= 0.6 is 0 Å². The molecule has 0 amide bonds. The third kappa shape index (κ3) is 6.42. The minimum Gasteiger partial charge on any atom is -0.208 e. The second-order valence-corrected chi connectivity index (χ2v) is 14.0. The molecule has 1 heterocycles. The Morgan fingerprint density at radius 3 is 1.12 bits per heavy atom. The normalized spacial score (nSPS) is 11.2. The van der Waals surface area contributed by atoms with Crippen LogP contribution in [0.4, 0.5) is 0 Å². The summed E-state index contributed by atoms with van der Waals surface area (Å²) >= 11 is 0. The number of nitrogens with zero attached hydrogens (tertiary/aromatic N) is 3. The van der Waals surface area contributed by atoms with Gasteiger partial charge in [0.25, 0.3) is 0 Å². The lowest BCUT2D eigenvalue weighted by Crippen LogP contribution is -2.02. The topological polar surface area (TPSA) is 38.7 Å². The first-order valence-electron chi connectivity index (χ1n) is 18.9. The van der Waals surface area contributed by atoms with Gasteiger partial charge in [0.1, 0.15) is 0 Å². The van der Waals surface area contributed by atoms with Crippen LogP contribution in [-0.2, 0) is 0 Å². The summed E-state index contributed by atoms with van der Waals surface area (Å²) in [5.41, 5.74) is 11.8. The quantitative estimate of drug-likeness (QED) is 0.165. The highest BCUT2D eigenvalue weighted by Crippen LogP contribution is 2.41. The predicted molar refractivity (Wildman–Crippen MR) is 233 cm³/mol. The average molecular weight is 714 g/mol. The molecule has 3 nitrogen and oxygen atoms in total. The Kier molecular flexibility index (Phi) is 8.51. The number of fused-ring (bicyclic) bond motifs is 2. The molecule has 0 spiro atoms. The molecule has 0 saturated carbocycles. The van der Waals surface area contributed by atoms with E-state index in [1.54, 1.807) is 0 Å². The van der Waals surface area contributed by atoms with Gasteiger partial charge in [-0.2, -0.15) is 0 Å². The smallest absolute Gasteiger partial charge is 0.164 e. The van der Waals surface area contributed by atoms with Gasteiger partial charge < -0.3 is 0 Å². The van der Waals surface area contributed by atoms with Crippen LogP contribution in [0.1, 0.15) is 0 Å². The van der Waals surface area contributed by atoms with Crippen molar-refractivity contribution in [2.75, 3.05) is 0 Å². The van der Waals surface area contributed by atoms with Gasteiger partial charge in [0.2, 0.25) is 0 Å². The summed E-state index contributed by atoms with van der Waals surface area (Å²) in [5.74, 6) is 1.87. The van der Waals surface area contributed by atoms with E-state index in [1.165, 1.54) is 32.7 Å². The molecule has 0 saturated heterocycles. The monoisotopic (exact) mass is 713 g/mol. The molecule has 0 aliphatic heterocycles. The third-order valence-electron chi connectivity index (χ3n) is 10.5. The van der Waals surface area contributed by atoms with Gasteiger partial charge >= 0.3 is 0 Å². The van der Waals surface area contributed by atoms with E-state index in [1.807, 2.05) is 12.1 Å². The maximum atomic E-state index is 5.28. The summed E-state index contributed by atoms with van der Waals surface area (Å²) in [4.78, 5) is 15.7. The zero-order chi connectivity index (χ0) is 37.3. The maximum absolute atomic E-state index is 5.28. The Labute approximate surface area is 326 Å². The Hall–Kier alpha value is -7.49. The van der Waals surface area contributed by atoms with Crippen molar-refractivity contribution in [1.29, 1.82) is 0 Å². The van der Waals surface area contributed by atoms with Gasteiger partial charge in [-0.3, -0.25) is 0 Å². The summed E-state index contributed by atoms with van der Waals surface area (Å²) in [6, 6.07) is 74.8. The lowest BCUT2D eigenvalue weighted by Gasteiger charge is -2.17. The van der Waals surface area contributed by atoms with Gasteiger partial charge in [0, 0.05) is 22.3 Å². The maximum Gasteiger partial charge on any atom is 0.164 e. The van der Waals surface area contributed by atoms with Crippen molar-refractivity contribution in [2.24, 2.45) is 0 Å². The summed E-state index contributed by atoms with van der Waals surface area (Å²) < 4.78 is 0. The molecule has 0 aliphatic rings. The van der Waals surface area contributed by atoms with Gasteiger partial charge in [-0.15, -0.1) is 0 Å². The summed E-state index contributed by atoms with van der Waals surface area (Å²) in [5, 5.41) is 4.78. The lowest BCUT2D eigenvalue weighted by molar-refractivity contribution is 1.07. The van der Waals surface area contributed by atoms with Crippen LogP contribution in [0.15, 0.2) is 212 Å². The third-order valence-corrected chi connectivity index (χ3v) is 10.5. The SMILES string of the molecule is c1ccc(-c2ccc(-c3nc(-c4ccc(-c5ccccc5)cc4)nc(-c4cccc(-c5ccc6ccccc6c5)c4-c4ccc5ccccc5c4)n3)cc2)cc1. The summed E-state index contributed by atoms with van der Waals surface area (Å²) in [6.07, 6.45) is 0. The highest BCUT2D eigenvalue weighted by molar-refractivity contribution is 5.99. The van der Waals surface area contributed by atoms with Crippen molar-refractivity contribution in [3.8, 4) is 78.7 Å². The van der Waals surface area contributed by atoms with Gasteiger partial charge in [-0.05, 0) is 72.6 Å². The van der Waals surface area contributed by atoms with Crippen molar-refractivity contribution in [3.05, 3.63) is 212 Å². The first kappa shape index (κ1) is 33.1. The number of aromatic nitrogens is 3. The van der Waals surface area contributed by atoms with Crippen molar-refractivity contribution in [1.82, 2.24) is 15.0 Å². The highest BCUT2D eigenvalue weighted by Gasteiger charge is 2.20. The summed E-state index contributed by atoms with van der Waals surface area (Å²) in [7, 11) is 0. The Bertz CT molecular complexity index is 2890. The van der Waals surface area contributed by atoms with Crippen LogP contribution < -0.4 is 0 Å². The van der Waals surface area contributed by atoms with Crippen LogP contribution in [0.5, 0.6) is 0 Å². The molecule has 0 atom stereocenters. The highest BCUT2D eigenvalue weighted by atomic mass is 15.0. The molecule has 1 aromatic heterocycles. The Morgan fingerprint density at radius 1 is 0.214 bits per heavy atom. The second kappa shape index (κ2) is 14.4. The van der Waals surface area contributed by atoms with E-state index < -0.39 is 0 Å². The molecule has 56 heavy (non-hydrogen) atoms. The van der Waals surface area contributed by atoms with Gasteiger partial charge in [-0.25, -0.2) is 15.0 Å². The number of hydrogen-bond donors (Lipinski definition) is 0. The van der Waals surface area contributed by atoms with Crippen LogP contribution in [-0.4, -0.2) is 15.0 Å². The van der Waals surface area contributed by atoms with E-state index >= 15 is 0 Å². The molecule has 3 heteroatoms. The zero-order valence-corrected chi connectivity index (χ0v) is 30.5. The van der Waals surface area contributed by atoms with Crippen LogP contribution in [0.2, 0.25) is 0 Å². The van der Waals surface area contributed by atoms with Crippen molar-refractivity contribution in [2.45, 2.75) is 0 Å². The summed E-state index contributed by atoms with van der Waals surface area (Å²) in [6.45, 7) is 0. The van der Waals surface area contributed by atoms with E-state index in [4.69, 9.17) is 15.0 Å². The minimum absolute atomic E-state index is 0.620. The lowest BCUT2D eigenvalue weighted by atomic mass is 9.88. The fourth-order valence-electron chi connectivity index (χ4n) is 7.63. The fraction of sp³-hybridized carbons (Fsp3) is 0. The van der Waals surface area contributed by atoms with Gasteiger partial charge in [0.15, 0.2) is 17.5 Å². The molecule has 0 bridgehead atoms. The molecule has 10 rings (SSSR count). The number of rotatable bonds is 7. The molecule has 262 valence electrons. The first-order chi connectivity index (χ1) is 27.7. The van der Waals surface area contributed by atoms with Gasteiger partial charge in [0.05, 0.1) is 0 Å². The molecule has 0 fully saturated rings.